The van der Waals surface area contributed by atoms with Crippen LogP contribution < -0.4 is 16.4 Å². The number of amides is 3. The SMILES string of the molecule is CC(C)(C)OC(=O)NCC(=O)NCCOC(N)=O. The van der Waals surface area contributed by atoms with Crippen LogP contribution in [-0.2, 0) is 14.3 Å². The smallest absolute Gasteiger partial charge is 0.408 e. The van der Waals surface area contributed by atoms with Crippen molar-refractivity contribution in [2.24, 2.45) is 5.73 Å². The summed E-state index contributed by atoms with van der Waals surface area (Å²) in [6.45, 7) is 5.03. The lowest BCUT2D eigenvalue weighted by Gasteiger charge is -2.19. The molecule has 0 aliphatic heterocycles. The first-order valence-electron chi connectivity index (χ1n) is 5.36. The number of alkyl carbamates (subject to hydrolysis) is 1. The molecule has 0 heterocycles. The van der Waals surface area contributed by atoms with Crippen molar-refractivity contribution in [2.45, 2.75) is 26.4 Å². The van der Waals surface area contributed by atoms with Gasteiger partial charge in [-0.05, 0) is 20.8 Å². The zero-order valence-corrected chi connectivity index (χ0v) is 10.7. The lowest BCUT2D eigenvalue weighted by atomic mass is 10.2. The van der Waals surface area contributed by atoms with E-state index in [2.05, 4.69) is 15.4 Å². The minimum absolute atomic E-state index is 0.0203. The topological polar surface area (TPSA) is 120 Å². The summed E-state index contributed by atoms with van der Waals surface area (Å²) in [6.07, 6.45) is -1.58. The van der Waals surface area contributed by atoms with Crippen LogP contribution in [0, 0.1) is 0 Å². The monoisotopic (exact) mass is 261 g/mol. The Bertz CT molecular complexity index is 311. The molecule has 4 N–H and O–H groups in total. The Hall–Kier alpha value is -1.99. The number of carbonyl (C=O) groups is 3. The molecule has 0 aliphatic rings. The fourth-order valence-corrected chi connectivity index (χ4v) is 0.871. The average molecular weight is 261 g/mol. The zero-order chi connectivity index (χ0) is 14.2. The van der Waals surface area contributed by atoms with Gasteiger partial charge in [-0.3, -0.25) is 4.79 Å². The van der Waals surface area contributed by atoms with Crippen molar-refractivity contribution in [3.8, 4) is 0 Å². The van der Waals surface area contributed by atoms with Gasteiger partial charge in [-0.1, -0.05) is 0 Å². The van der Waals surface area contributed by atoms with Crippen molar-refractivity contribution in [2.75, 3.05) is 19.7 Å². The Kier molecular flexibility index (Phi) is 6.54. The number of hydrogen-bond donors (Lipinski definition) is 3. The molecule has 0 radical (unpaired) electrons. The van der Waals surface area contributed by atoms with Crippen LogP contribution in [0.2, 0.25) is 0 Å². The lowest BCUT2D eigenvalue weighted by Crippen LogP contribution is -2.40. The normalized spacial score (nSPS) is 10.4. The van der Waals surface area contributed by atoms with E-state index in [1.165, 1.54) is 0 Å². The first-order chi connectivity index (χ1) is 8.20. The minimum Gasteiger partial charge on any atom is -0.448 e. The summed E-state index contributed by atoms with van der Waals surface area (Å²) in [5.41, 5.74) is 4.10. The molecule has 0 aromatic carbocycles. The summed E-state index contributed by atoms with van der Waals surface area (Å²) in [6, 6.07) is 0. The van der Waals surface area contributed by atoms with E-state index < -0.39 is 23.7 Å². The summed E-state index contributed by atoms with van der Waals surface area (Å²) in [5, 5.41) is 4.70. The summed E-state index contributed by atoms with van der Waals surface area (Å²) >= 11 is 0. The molecule has 8 nitrogen and oxygen atoms in total. The van der Waals surface area contributed by atoms with Crippen molar-refractivity contribution >= 4 is 18.1 Å². The van der Waals surface area contributed by atoms with Crippen LogP contribution >= 0.6 is 0 Å². The molecule has 0 aromatic heterocycles. The second kappa shape index (κ2) is 7.36. The Morgan fingerprint density at radius 2 is 1.78 bits per heavy atom. The van der Waals surface area contributed by atoms with Gasteiger partial charge in [-0.25, -0.2) is 9.59 Å². The molecule has 0 atom stereocenters. The van der Waals surface area contributed by atoms with Gasteiger partial charge >= 0.3 is 12.2 Å². The van der Waals surface area contributed by atoms with Gasteiger partial charge in [0, 0.05) is 0 Å². The fraction of sp³-hybridized carbons (Fsp3) is 0.700. The maximum atomic E-state index is 11.2. The van der Waals surface area contributed by atoms with Crippen LogP contribution in [-0.4, -0.2) is 43.4 Å². The highest BCUT2D eigenvalue weighted by Crippen LogP contribution is 2.05. The van der Waals surface area contributed by atoms with Crippen LogP contribution in [0.5, 0.6) is 0 Å². The Labute approximate surface area is 105 Å². The molecule has 0 saturated heterocycles. The summed E-state index contributed by atoms with van der Waals surface area (Å²) in [7, 11) is 0. The van der Waals surface area contributed by atoms with Crippen molar-refractivity contribution in [1.82, 2.24) is 10.6 Å². The predicted molar refractivity (Wildman–Crippen MR) is 62.8 cm³/mol. The van der Waals surface area contributed by atoms with E-state index in [1.807, 2.05) is 0 Å². The summed E-state index contributed by atoms with van der Waals surface area (Å²) in [5.74, 6) is -0.422. The van der Waals surface area contributed by atoms with Gasteiger partial charge in [-0.15, -0.1) is 0 Å². The van der Waals surface area contributed by atoms with E-state index in [9.17, 15) is 14.4 Å². The fourth-order valence-electron chi connectivity index (χ4n) is 0.871. The molecule has 0 rings (SSSR count). The Morgan fingerprint density at radius 3 is 2.28 bits per heavy atom. The minimum atomic E-state index is -0.906. The van der Waals surface area contributed by atoms with E-state index >= 15 is 0 Å². The number of carbonyl (C=O) groups excluding carboxylic acids is 3. The highest BCUT2D eigenvalue weighted by atomic mass is 16.6. The van der Waals surface area contributed by atoms with Gasteiger partial charge in [0.25, 0.3) is 0 Å². The van der Waals surface area contributed by atoms with E-state index in [1.54, 1.807) is 20.8 Å². The van der Waals surface area contributed by atoms with Crippen molar-refractivity contribution < 1.29 is 23.9 Å². The van der Waals surface area contributed by atoms with E-state index in [-0.39, 0.29) is 19.7 Å². The molecule has 0 fully saturated rings. The Balaban J connectivity index is 3.64. The van der Waals surface area contributed by atoms with Crippen LogP contribution in [0.4, 0.5) is 9.59 Å². The first-order valence-corrected chi connectivity index (χ1v) is 5.36. The zero-order valence-electron chi connectivity index (χ0n) is 10.7. The maximum absolute atomic E-state index is 11.2. The number of hydrogen-bond acceptors (Lipinski definition) is 5. The van der Waals surface area contributed by atoms with Gasteiger partial charge in [0.15, 0.2) is 0 Å². The molecular formula is C10H19N3O5. The molecule has 0 bridgehead atoms. The van der Waals surface area contributed by atoms with Gasteiger partial charge in [-0.2, -0.15) is 0 Å². The quantitative estimate of drug-likeness (QED) is 0.588. The van der Waals surface area contributed by atoms with Crippen molar-refractivity contribution in [1.29, 1.82) is 0 Å². The number of primary amides is 1. The molecule has 0 aromatic rings. The van der Waals surface area contributed by atoms with Crippen LogP contribution in [0.3, 0.4) is 0 Å². The van der Waals surface area contributed by atoms with Gasteiger partial charge in [0.1, 0.15) is 12.2 Å². The number of nitrogens with one attached hydrogen (secondary N) is 2. The van der Waals surface area contributed by atoms with Gasteiger partial charge < -0.3 is 25.8 Å². The van der Waals surface area contributed by atoms with Crippen molar-refractivity contribution in [3.05, 3.63) is 0 Å². The maximum Gasteiger partial charge on any atom is 0.408 e. The summed E-state index contributed by atoms with van der Waals surface area (Å²) < 4.78 is 9.33. The third kappa shape index (κ3) is 10.5. The molecule has 3 amide bonds. The van der Waals surface area contributed by atoms with E-state index in [4.69, 9.17) is 10.5 Å². The van der Waals surface area contributed by atoms with Gasteiger partial charge in [0.2, 0.25) is 5.91 Å². The molecule has 18 heavy (non-hydrogen) atoms. The van der Waals surface area contributed by atoms with E-state index in [0.717, 1.165) is 0 Å². The molecule has 0 unspecified atom stereocenters. The molecular weight excluding hydrogens is 242 g/mol. The van der Waals surface area contributed by atoms with Crippen LogP contribution in [0.15, 0.2) is 0 Å². The summed E-state index contributed by atoms with van der Waals surface area (Å²) in [4.78, 5) is 32.6. The standard InChI is InChI=1S/C10H19N3O5/c1-10(2,3)18-9(16)13-6-7(14)12-4-5-17-8(11)15/h4-6H2,1-3H3,(H2,11,15)(H,12,14)(H,13,16). The average Bonchev–Trinajstić information content (AvgIpc) is 2.19. The lowest BCUT2D eigenvalue weighted by molar-refractivity contribution is -0.120. The molecule has 104 valence electrons. The number of nitrogens with two attached hydrogens (primary N) is 1. The highest BCUT2D eigenvalue weighted by molar-refractivity contribution is 5.82. The second-order valence-electron chi connectivity index (χ2n) is 4.37. The number of rotatable bonds is 5. The predicted octanol–water partition coefficient (Wildman–Crippen LogP) is -0.277. The highest BCUT2D eigenvalue weighted by Gasteiger charge is 2.16. The molecule has 0 saturated carbocycles. The second-order valence-corrected chi connectivity index (χ2v) is 4.37. The van der Waals surface area contributed by atoms with Gasteiger partial charge in [0.05, 0.1) is 13.1 Å². The largest absolute Gasteiger partial charge is 0.448 e. The van der Waals surface area contributed by atoms with Crippen LogP contribution in [0.25, 0.3) is 0 Å². The first kappa shape index (κ1) is 16.0. The Morgan fingerprint density at radius 1 is 1.17 bits per heavy atom. The molecule has 8 heteroatoms. The number of ether oxygens (including phenoxy) is 2. The van der Waals surface area contributed by atoms with E-state index in [0.29, 0.717) is 0 Å². The third-order valence-corrected chi connectivity index (χ3v) is 1.46. The molecule has 0 spiro atoms. The van der Waals surface area contributed by atoms with Crippen LogP contribution in [0.1, 0.15) is 20.8 Å². The van der Waals surface area contributed by atoms with Crippen molar-refractivity contribution in [3.63, 3.8) is 0 Å². The third-order valence-electron chi connectivity index (χ3n) is 1.46. The molecule has 0 aliphatic carbocycles.